The Bertz CT molecular complexity index is 1020. The highest BCUT2D eigenvalue weighted by molar-refractivity contribution is 9.10. The van der Waals surface area contributed by atoms with Gasteiger partial charge in [0.15, 0.2) is 0 Å². The maximum Gasteiger partial charge on any atom is 0.308 e. The van der Waals surface area contributed by atoms with Crippen LogP contribution in [0, 0.1) is 5.92 Å². The van der Waals surface area contributed by atoms with Gasteiger partial charge in [-0.2, -0.15) is 0 Å². The summed E-state index contributed by atoms with van der Waals surface area (Å²) in [7, 11) is 0. The molecule has 1 fully saturated rings. The van der Waals surface area contributed by atoms with Crippen LogP contribution >= 0.6 is 27.5 Å². The molecule has 1 saturated heterocycles. The molecule has 2 amide bonds. The van der Waals surface area contributed by atoms with Gasteiger partial charge in [-0.15, -0.1) is 0 Å². The third-order valence-corrected chi connectivity index (χ3v) is 6.35. The second-order valence-electron chi connectivity index (χ2n) is 8.18. The second kappa shape index (κ2) is 12.8. The number of carbonyl (C=O) groups is 3. The number of carbonyl (C=O) groups excluding carboxylic acids is 3. The van der Waals surface area contributed by atoms with E-state index in [0.717, 1.165) is 17.3 Å². The minimum absolute atomic E-state index is 0.121. The van der Waals surface area contributed by atoms with Gasteiger partial charge in [0.25, 0.3) is 5.91 Å². The average Bonchev–Trinajstić information content (AvgIpc) is 2.81. The van der Waals surface area contributed by atoms with E-state index >= 15 is 0 Å². The van der Waals surface area contributed by atoms with Crippen molar-refractivity contribution in [3.05, 3.63) is 57.5 Å². The SMILES string of the molecule is CC(=O)Oc1cccc(C(=O)NCC2CCN(C(=O)CCCOc3ccc(Br)cc3Cl)CC2)c1. The predicted molar refractivity (Wildman–Crippen MR) is 133 cm³/mol. The molecule has 1 N–H and O–H groups in total. The van der Waals surface area contributed by atoms with E-state index in [-0.39, 0.29) is 11.8 Å². The number of esters is 1. The van der Waals surface area contributed by atoms with E-state index in [4.69, 9.17) is 21.1 Å². The van der Waals surface area contributed by atoms with Gasteiger partial charge in [0.1, 0.15) is 11.5 Å². The largest absolute Gasteiger partial charge is 0.492 e. The maximum atomic E-state index is 12.5. The summed E-state index contributed by atoms with van der Waals surface area (Å²) in [6.45, 7) is 3.65. The molecular formula is C25H28BrClN2O5. The van der Waals surface area contributed by atoms with Crippen molar-refractivity contribution in [1.29, 1.82) is 0 Å². The van der Waals surface area contributed by atoms with Crippen LogP contribution in [0.3, 0.4) is 0 Å². The van der Waals surface area contributed by atoms with Crippen molar-refractivity contribution in [1.82, 2.24) is 10.2 Å². The highest BCUT2D eigenvalue weighted by Gasteiger charge is 2.23. The van der Waals surface area contributed by atoms with Gasteiger partial charge in [-0.1, -0.05) is 33.6 Å². The molecule has 0 atom stereocenters. The first-order valence-electron chi connectivity index (χ1n) is 11.2. The number of piperidine rings is 1. The number of hydrogen-bond acceptors (Lipinski definition) is 5. The summed E-state index contributed by atoms with van der Waals surface area (Å²) < 4.78 is 11.6. The molecule has 0 saturated carbocycles. The molecule has 0 aromatic heterocycles. The van der Waals surface area contributed by atoms with Crippen molar-refractivity contribution >= 4 is 45.3 Å². The number of nitrogens with one attached hydrogen (secondary N) is 1. The predicted octanol–water partition coefficient (Wildman–Crippen LogP) is 4.86. The highest BCUT2D eigenvalue weighted by atomic mass is 79.9. The second-order valence-corrected chi connectivity index (χ2v) is 9.51. The van der Waals surface area contributed by atoms with Gasteiger partial charge in [0, 0.05) is 43.0 Å². The Morgan fingerprint density at radius 3 is 2.62 bits per heavy atom. The number of rotatable bonds is 9. The minimum atomic E-state index is -0.430. The number of likely N-dealkylation sites (tertiary alicyclic amines) is 1. The van der Waals surface area contributed by atoms with Crippen molar-refractivity contribution in [3.8, 4) is 11.5 Å². The van der Waals surface area contributed by atoms with E-state index in [1.54, 1.807) is 36.4 Å². The molecule has 2 aromatic carbocycles. The van der Waals surface area contributed by atoms with Gasteiger partial charge in [0.2, 0.25) is 5.91 Å². The van der Waals surface area contributed by atoms with Gasteiger partial charge in [-0.3, -0.25) is 14.4 Å². The van der Waals surface area contributed by atoms with Crippen LogP contribution in [-0.4, -0.2) is 48.9 Å². The van der Waals surface area contributed by atoms with Crippen LogP contribution in [0.15, 0.2) is 46.9 Å². The van der Waals surface area contributed by atoms with E-state index in [2.05, 4.69) is 21.2 Å². The first-order valence-corrected chi connectivity index (χ1v) is 12.4. The summed E-state index contributed by atoms with van der Waals surface area (Å²) in [4.78, 5) is 37.9. The molecule has 2 aromatic rings. The lowest BCUT2D eigenvalue weighted by Crippen LogP contribution is -2.41. The minimum Gasteiger partial charge on any atom is -0.492 e. The van der Waals surface area contributed by atoms with E-state index in [9.17, 15) is 14.4 Å². The average molecular weight is 552 g/mol. The Morgan fingerprint density at radius 1 is 1.15 bits per heavy atom. The molecule has 1 aliphatic heterocycles. The molecule has 0 aliphatic carbocycles. The number of amides is 2. The molecule has 34 heavy (non-hydrogen) atoms. The van der Waals surface area contributed by atoms with E-state index in [1.165, 1.54) is 6.92 Å². The third kappa shape index (κ3) is 8.02. The van der Waals surface area contributed by atoms with Crippen LogP contribution in [0.1, 0.15) is 43.0 Å². The maximum absolute atomic E-state index is 12.5. The zero-order valence-electron chi connectivity index (χ0n) is 19.0. The molecule has 9 heteroatoms. The molecule has 0 bridgehead atoms. The summed E-state index contributed by atoms with van der Waals surface area (Å²) in [6.07, 6.45) is 2.72. The Balaban J connectivity index is 1.34. The molecule has 0 radical (unpaired) electrons. The van der Waals surface area contributed by atoms with Crippen LogP contribution in [0.4, 0.5) is 0 Å². The molecule has 182 valence electrons. The Labute approximate surface area is 212 Å². The fourth-order valence-electron chi connectivity index (χ4n) is 3.75. The topological polar surface area (TPSA) is 84.9 Å². The number of nitrogens with zero attached hydrogens (tertiary/aromatic N) is 1. The zero-order valence-corrected chi connectivity index (χ0v) is 21.4. The lowest BCUT2D eigenvalue weighted by molar-refractivity contribution is -0.133. The summed E-state index contributed by atoms with van der Waals surface area (Å²) in [6, 6.07) is 12.0. The van der Waals surface area contributed by atoms with Crippen molar-refractivity contribution in [2.24, 2.45) is 5.92 Å². The van der Waals surface area contributed by atoms with Gasteiger partial charge in [-0.25, -0.2) is 0 Å². The van der Waals surface area contributed by atoms with Crippen LogP contribution in [0.5, 0.6) is 11.5 Å². The smallest absolute Gasteiger partial charge is 0.308 e. The number of halogens is 2. The van der Waals surface area contributed by atoms with Crippen LogP contribution < -0.4 is 14.8 Å². The van der Waals surface area contributed by atoms with Crippen LogP contribution in [-0.2, 0) is 9.59 Å². The van der Waals surface area contributed by atoms with Gasteiger partial charge in [0.05, 0.1) is 11.6 Å². The van der Waals surface area contributed by atoms with E-state index < -0.39 is 5.97 Å². The van der Waals surface area contributed by atoms with Crippen molar-refractivity contribution in [2.75, 3.05) is 26.2 Å². The fourth-order valence-corrected chi connectivity index (χ4v) is 4.48. The van der Waals surface area contributed by atoms with Crippen molar-refractivity contribution in [3.63, 3.8) is 0 Å². The first-order chi connectivity index (χ1) is 16.3. The Morgan fingerprint density at radius 2 is 1.91 bits per heavy atom. The molecular weight excluding hydrogens is 524 g/mol. The zero-order chi connectivity index (χ0) is 24.5. The third-order valence-electron chi connectivity index (χ3n) is 5.56. The quantitative estimate of drug-likeness (QED) is 0.273. The molecule has 3 rings (SSSR count). The Kier molecular flexibility index (Phi) is 9.77. The Hall–Kier alpha value is -2.58. The van der Waals surface area contributed by atoms with E-state index in [1.807, 2.05) is 11.0 Å². The van der Waals surface area contributed by atoms with Gasteiger partial charge in [-0.05, 0) is 61.6 Å². The van der Waals surface area contributed by atoms with Gasteiger partial charge >= 0.3 is 5.97 Å². The molecule has 0 spiro atoms. The first kappa shape index (κ1) is 26.0. The summed E-state index contributed by atoms with van der Waals surface area (Å²) >= 11 is 9.49. The van der Waals surface area contributed by atoms with Gasteiger partial charge < -0.3 is 19.7 Å². The van der Waals surface area contributed by atoms with Crippen LogP contribution in [0.2, 0.25) is 5.02 Å². The normalized spacial score (nSPS) is 13.9. The monoisotopic (exact) mass is 550 g/mol. The fraction of sp³-hybridized carbons (Fsp3) is 0.400. The summed E-state index contributed by atoms with van der Waals surface area (Å²) in [5.74, 6) is 0.747. The van der Waals surface area contributed by atoms with Crippen LogP contribution in [0.25, 0.3) is 0 Å². The lowest BCUT2D eigenvalue weighted by atomic mass is 9.96. The standard InChI is InChI=1S/C25H28BrClN2O5/c1-17(30)34-21-5-2-4-19(14-21)25(32)28-16-18-9-11-29(12-10-18)24(31)6-3-13-33-23-8-7-20(26)15-22(23)27/h2,4-5,7-8,14-15,18H,3,6,9-13,16H2,1H3,(H,28,32). The summed E-state index contributed by atoms with van der Waals surface area (Å²) in [5.41, 5.74) is 0.443. The lowest BCUT2D eigenvalue weighted by Gasteiger charge is -2.32. The highest BCUT2D eigenvalue weighted by Crippen LogP contribution is 2.28. The number of ether oxygens (including phenoxy) is 2. The summed E-state index contributed by atoms with van der Waals surface area (Å²) in [5, 5.41) is 3.48. The number of hydrogen-bond donors (Lipinski definition) is 1. The number of benzene rings is 2. The van der Waals surface area contributed by atoms with E-state index in [0.29, 0.717) is 67.1 Å². The molecule has 7 nitrogen and oxygen atoms in total. The molecule has 0 unspecified atom stereocenters. The molecule has 1 heterocycles. The van der Waals surface area contributed by atoms with Crippen molar-refractivity contribution in [2.45, 2.75) is 32.6 Å². The molecule has 1 aliphatic rings. The van der Waals surface area contributed by atoms with Crippen molar-refractivity contribution < 1.29 is 23.9 Å².